The second kappa shape index (κ2) is 5.82. The highest BCUT2D eigenvalue weighted by Crippen LogP contribution is 2.14. The van der Waals surface area contributed by atoms with Crippen LogP contribution >= 0.6 is 0 Å². The summed E-state index contributed by atoms with van der Waals surface area (Å²) in [5, 5.41) is 6.99. The van der Waals surface area contributed by atoms with Gasteiger partial charge in [-0.15, -0.1) is 0 Å². The SMILES string of the molecule is Cc1cnn(CC(=O)NCCC2CCOC2)c1. The van der Waals surface area contributed by atoms with Gasteiger partial charge in [0.1, 0.15) is 6.54 Å². The topological polar surface area (TPSA) is 56.2 Å². The smallest absolute Gasteiger partial charge is 0.241 e. The van der Waals surface area contributed by atoms with Crippen LogP contribution < -0.4 is 5.32 Å². The standard InChI is InChI=1S/C12H19N3O2/c1-10-6-14-15(7-10)8-12(16)13-4-2-11-3-5-17-9-11/h6-7,11H,2-5,8-9H2,1H3,(H,13,16). The summed E-state index contributed by atoms with van der Waals surface area (Å²) >= 11 is 0. The van der Waals surface area contributed by atoms with Crippen LogP contribution in [0.1, 0.15) is 18.4 Å². The molecule has 2 rings (SSSR count). The van der Waals surface area contributed by atoms with Crippen LogP contribution in [0.2, 0.25) is 0 Å². The number of aryl methyl sites for hydroxylation is 1. The van der Waals surface area contributed by atoms with Gasteiger partial charge in [-0.05, 0) is 31.2 Å². The molecular weight excluding hydrogens is 218 g/mol. The fourth-order valence-corrected chi connectivity index (χ4v) is 1.98. The van der Waals surface area contributed by atoms with Crippen molar-refractivity contribution in [3.05, 3.63) is 18.0 Å². The van der Waals surface area contributed by atoms with Crippen molar-refractivity contribution in [2.24, 2.45) is 5.92 Å². The maximum absolute atomic E-state index is 11.6. The zero-order chi connectivity index (χ0) is 12.1. The fourth-order valence-electron chi connectivity index (χ4n) is 1.98. The lowest BCUT2D eigenvalue weighted by atomic mass is 10.1. The van der Waals surface area contributed by atoms with Crippen LogP contribution in [0.5, 0.6) is 0 Å². The summed E-state index contributed by atoms with van der Waals surface area (Å²) in [5.41, 5.74) is 1.07. The molecule has 17 heavy (non-hydrogen) atoms. The van der Waals surface area contributed by atoms with E-state index in [4.69, 9.17) is 4.74 Å². The molecule has 94 valence electrons. The molecule has 1 aliphatic rings. The summed E-state index contributed by atoms with van der Waals surface area (Å²) in [4.78, 5) is 11.6. The number of nitrogens with zero attached hydrogens (tertiary/aromatic N) is 2. The molecule has 5 heteroatoms. The molecule has 0 radical (unpaired) electrons. The molecule has 0 bridgehead atoms. The largest absolute Gasteiger partial charge is 0.381 e. The Morgan fingerprint density at radius 3 is 3.24 bits per heavy atom. The predicted molar refractivity (Wildman–Crippen MR) is 63.5 cm³/mol. The van der Waals surface area contributed by atoms with Gasteiger partial charge in [0.25, 0.3) is 0 Å². The molecule has 0 spiro atoms. The highest BCUT2D eigenvalue weighted by atomic mass is 16.5. The van der Waals surface area contributed by atoms with E-state index in [0.717, 1.165) is 38.2 Å². The van der Waals surface area contributed by atoms with Crippen LogP contribution in [-0.4, -0.2) is 35.4 Å². The molecule has 0 aromatic carbocycles. The van der Waals surface area contributed by atoms with E-state index >= 15 is 0 Å². The minimum atomic E-state index is 0.0204. The van der Waals surface area contributed by atoms with Crippen LogP contribution in [-0.2, 0) is 16.1 Å². The van der Waals surface area contributed by atoms with Crippen molar-refractivity contribution < 1.29 is 9.53 Å². The molecule has 0 saturated carbocycles. The number of carbonyl (C=O) groups excluding carboxylic acids is 1. The summed E-state index contributed by atoms with van der Waals surface area (Å²) < 4.78 is 6.94. The molecule has 5 nitrogen and oxygen atoms in total. The Kier molecular flexibility index (Phi) is 4.14. The third-order valence-electron chi connectivity index (χ3n) is 2.97. The Hall–Kier alpha value is -1.36. The molecule has 1 amide bonds. The number of rotatable bonds is 5. The molecule has 1 aliphatic heterocycles. The van der Waals surface area contributed by atoms with Crippen LogP contribution in [0.15, 0.2) is 12.4 Å². The summed E-state index contributed by atoms with van der Waals surface area (Å²) in [6, 6.07) is 0. The summed E-state index contributed by atoms with van der Waals surface area (Å²) in [6.07, 6.45) is 5.74. The molecule has 1 unspecified atom stereocenters. The number of carbonyl (C=O) groups is 1. The maximum atomic E-state index is 11.6. The zero-order valence-electron chi connectivity index (χ0n) is 10.2. The molecule has 1 atom stereocenters. The molecule has 2 heterocycles. The summed E-state index contributed by atoms with van der Waals surface area (Å²) in [5.74, 6) is 0.634. The van der Waals surface area contributed by atoms with E-state index in [-0.39, 0.29) is 5.91 Å². The lowest BCUT2D eigenvalue weighted by molar-refractivity contribution is -0.121. The third kappa shape index (κ3) is 3.85. The van der Waals surface area contributed by atoms with E-state index in [2.05, 4.69) is 10.4 Å². The monoisotopic (exact) mass is 237 g/mol. The summed E-state index contributed by atoms with van der Waals surface area (Å²) in [7, 11) is 0. The maximum Gasteiger partial charge on any atom is 0.241 e. The van der Waals surface area contributed by atoms with Gasteiger partial charge in [0, 0.05) is 26.0 Å². The van der Waals surface area contributed by atoms with Gasteiger partial charge < -0.3 is 10.1 Å². The second-order valence-corrected chi connectivity index (χ2v) is 4.58. The van der Waals surface area contributed by atoms with Gasteiger partial charge in [-0.1, -0.05) is 0 Å². The van der Waals surface area contributed by atoms with E-state index in [0.29, 0.717) is 12.5 Å². The lowest BCUT2D eigenvalue weighted by Crippen LogP contribution is -2.29. The van der Waals surface area contributed by atoms with Crippen LogP contribution in [0, 0.1) is 12.8 Å². The molecule has 1 aromatic heterocycles. The number of aromatic nitrogens is 2. The van der Waals surface area contributed by atoms with Crippen molar-refractivity contribution in [2.45, 2.75) is 26.3 Å². The van der Waals surface area contributed by atoms with Gasteiger partial charge in [-0.25, -0.2) is 0 Å². The first-order valence-electron chi connectivity index (χ1n) is 6.07. The Balaban J connectivity index is 1.63. The third-order valence-corrected chi connectivity index (χ3v) is 2.97. The van der Waals surface area contributed by atoms with Crippen molar-refractivity contribution >= 4 is 5.91 Å². The average molecular weight is 237 g/mol. The van der Waals surface area contributed by atoms with Crippen LogP contribution in [0.4, 0.5) is 0 Å². The lowest BCUT2D eigenvalue weighted by Gasteiger charge is -2.08. The second-order valence-electron chi connectivity index (χ2n) is 4.58. The molecule has 1 fully saturated rings. The first-order chi connectivity index (χ1) is 8.24. The zero-order valence-corrected chi connectivity index (χ0v) is 10.2. The first-order valence-corrected chi connectivity index (χ1v) is 6.07. The van der Waals surface area contributed by atoms with E-state index in [9.17, 15) is 4.79 Å². The summed E-state index contributed by atoms with van der Waals surface area (Å²) in [6.45, 7) is 4.70. The number of hydrogen-bond acceptors (Lipinski definition) is 3. The highest BCUT2D eigenvalue weighted by Gasteiger charge is 2.15. The van der Waals surface area contributed by atoms with Crippen LogP contribution in [0.3, 0.4) is 0 Å². The minimum Gasteiger partial charge on any atom is -0.381 e. The van der Waals surface area contributed by atoms with Gasteiger partial charge in [-0.2, -0.15) is 5.10 Å². The number of ether oxygens (including phenoxy) is 1. The van der Waals surface area contributed by atoms with Gasteiger partial charge in [-0.3, -0.25) is 9.48 Å². The Morgan fingerprint density at radius 2 is 2.59 bits per heavy atom. The Bertz CT molecular complexity index is 370. The predicted octanol–water partition coefficient (Wildman–Crippen LogP) is 0.734. The quantitative estimate of drug-likeness (QED) is 0.821. The molecule has 1 aromatic rings. The molecule has 0 aliphatic carbocycles. The van der Waals surface area contributed by atoms with Crippen molar-refractivity contribution in [3.63, 3.8) is 0 Å². The minimum absolute atomic E-state index is 0.0204. The Morgan fingerprint density at radius 1 is 1.71 bits per heavy atom. The van der Waals surface area contributed by atoms with Gasteiger partial charge in [0.2, 0.25) is 5.91 Å². The molecule has 1 saturated heterocycles. The molecular formula is C12H19N3O2. The van der Waals surface area contributed by atoms with E-state index in [1.807, 2.05) is 13.1 Å². The normalized spacial score (nSPS) is 19.5. The van der Waals surface area contributed by atoms with Crippen molar-refractivity contribution in [1.82, 2.24) is 15.1 Å². The van der Waals surface area contributed by atoms with Gasteiger partial charge in [0.05, 0.1) is 6.20 Å². The van der Waals surface area contributed by atoms with Gasteiger partial charge >= 0.3 is 0 Å². The van der Waals surface area contributed by atoms with Crippen molar-refractivity contribution in [1.29, 1.82) is 0 Å². The van der Waals surface area contributed by atoms with E-state index in [1.165, 1.54) is 0 Å². The van der Waals surface area contributed by atoms with Crippen molar-refractivity contribution in [3.8, 4) is 0 Å². The number of amides is 1. The highest BCUT2D eigenvalue weighted by molar-refractivity contribution is 5.75. The fraction of sp³-hybridized carbons (Fsp3) is 0.667. The van der Waals surface area contributed by atoms with E-state index in [1.54, 1.807) is 10.9 Å². The average Bonchev–Trinajstić information content (AvgIpc) is 2.90. The number of nitrogens with one attached hydrogen (secondary N) is 1. The van der Waals surface area contributed by atoms with Crippen molar-refractivity contribution in [2.75, 3.05) is 19.8 Å². The Labute approximate surface area is 101 Å². The number of hydrogen-bond donors (Lipinski definition) is 1. The van der Waals surface area contributed by atoms with Gasteiger partial charge in [0.15, 0.2) is 0 Å². The van der Waals surface area contributed by atoms with E-state index < -0.39 is 0 Å². The first kappa shape index (κ1) is 12.1. The van der Waals surface area contributed by atoms with Crippen LogP contribution in [0.25, 0.3) is 0 Å². The molecule has 1 N–H and O–H groups in total.